The number of hydrogen-bond donors (Lipinski definition) is 1. The molecule has 1 aromatic rings. The number of rotatable bonds is 4. The van der Waals surface area contributed by atoms with E-state index in [1.807, 2.05) is 0 Å². The zero-order valence-corrected chi connectivity index (χ0v) is 12.4. The molecule has 0 fully saturated rings. The maximum Gasteiger partial charge on any atom is 0.404 e. The molecule has 5 nitrogen and oxygen atoms in total. The zero-order chi connectivity index (χ0) is 15.6. The fourth-order valence-corrected chi connectivity index (χ4v) is 2.82. The monoisotopic (exact) mass is 372 g/mol. The minimum absolute atomic E-state index is 0.136. The standard InChI is InChI=1S/C10H8BrF3N2O3S/c1-19-9-3-8(6(4-15)2-7(9)11)16-20(17,18)5-10(12,13)14/h2-3,16H,5H2,1H3. The van der Waals surface area contributed by atoms with E-state index in [1.165, 1.54) is 13.2 Å². The van der Waals surface area contributed by atoms with Gasteiger partial charge in [-0.1, -0.05) is 0 Å². The van der Waals surface area contributed by atoms with Gasteiger partial charge in [-0.05, 0) is 22.0 Å². The van der Waals surface area contributed by atoms with Gasteiger partial charge in [0.15, 0.2) is 5.75 Å². The van der Waals surface area contributed by atoms with Gasteiger partial charge in [0.2, 0.25) is 10.0 Å². The van der Waals surface area contributed by atoms with Crippen molar-refractivity contribution in [3.8, 4) is 11.8 Å². The lowest BCUT2D eigenvalue weighted by Gasteiger charge is -2.13. The highest BCUT2D eigenvalue weighted by Crippen LogP contribution is 2.32. The molecule has 0 atom stereocenters. The Morgan fingerprint density at radius 2 is 2.05 bits per heavy atom. The van der Waals surface area contributed by atoms with Crippen LogP contribution in [-0.2, 0) is 10.0 Å². The quantitative estimate of drug-likeness (QED) is 0.880. The van der Waals surface area contributed by atoms with Crippen LogP contribution >= 0.6 is 15.9 Å². The van der Waals surface area contributed by atoms with E-state index in [1.54, 1.807) is 10.8 Å². The fraction of sp³-hybridized carbons (Fsp3) is 0.300. The fourth-order valence-electron chi connectivity index (χ4n) is 1.31. The zero-order valence-electron chi connectivity index (χ0n) is 9.95. The Morgan fingerprint density at radius 1 is 1.45 bits per heavy atom. The van der Waals surface area contributed by atoms with Gasteiger partial charge in [-0.25, -0.2) is 8.42 Å². The predicted octanol–water partition coefficient (Wildman–Crippen LogP) is 2.63. The lowest BCUT2D eigenvalue weighted by molar-refractivity contribution is -0.106. The summed E-state index contributed by atoms with van der Waals surface area (Å²) in [7, 11) is -3.37. The largest absolute Gasteiger partial charge is 0.495 e. The van der Waals surface area contributed by atoms with Crippen LogP contribution in [0.4, 0.5) is 18.9 Å². The lowest BCUT2D eigenvalue weighted by Crippen LogP contribution is -2.28. The van der Waals surface area contributed by atoms with Crippen molar-refractivity contribution in [2.75, 3.05) is 17.6 Å². The van der Waals surface area contributed by atoms with Crippen molar-refractivity contribution >= 4 is 31.6 Å². The van der Waals surface area contributed by atoms with E-state index in [0.717, 1.165) is 6.07 Å². The first-order valence-corrected chi connectivity index (χ1v) is 7.37. The highest BCUT2D eigenvalue weighted by Gasteiger charge is 2.35. The molecule has 0 aliphatic heterocycles. The molecule has 0 aromatic heterocycles. The summed E-state index contributed by atoms with van der Waals surface area (Å²) in [5.41, 5.74) is -0.416. The molecule has 1 aromatic carbocycles. The average molecular weight is 373 g/mol. The van der Waals surface area contributed by atoms with Crippen molar-refractivity contribution in [2.45, 2.75) is 6.18 Å². The Bertz CT molecular complexity index is 653. The van der Waals surface area contributed by atoms with Crippen LogP contribution in [0.3, 0.4) is 0 Å². The van der Waals surface area contributed by atoms with Gasteiger partial charge in [-0.2, -0.15) is 18.4 Å². The normalized spacial score (nSPS) is 11.8. The van der Waals surface area contributed by atoms with Crippen molar-refractivity contribution in [3.63, 3.8) is 0 Å². The molecule has 0 aliphatic rings. The second kappa shape index (κ2) is 5.88. The molecule has 0 heterocycles. The van der Waals surface area contributed by atoms with Gasteiger partial charge in [0.1, 0.15) is 11.8 Å². The maximum absolute atomic E-state index is 12.1. The molecule has 0 aliphatic carbocycles. The number of methoxy groups -OCH3 is 1. The Morgan fingerprint density at radius 3 is 2.50 bits per heavy atom. The third kappa shape index (κ3) is 4.57. The van der Waals surface area contributed by atoms with E-state index < -0.39 is 22.0 Å². The molecule has 1 N–H and O–H groups in total. The van der Waals surface area contributed by atoms with Crippen LogP contribution in [0.25, 0.3) is 0 Å². The minimum Gasteiger partial charge on any atom is -0.495 e. The Labute approximate surface area is 121 Å². The minimum atomic E-state index is -4.88. The van der Waals surface area contributed by atoms with Gasteiger partial charge in [0, 0.05) is 6.07 Å². The molecule has 0 bridgehead atoms. The maximum atomic E-state index is 12.1. The van der Waals surface area contributed by atoms with E-state index >= 15 is 0 Å². The first-order chi connectivity index (χ1) is 9.08. The lowest BCUT2D eigenvalue weighted by atomic mass is 10.2. The number of benzene rings is 1. The smallest absolute Gasteiger partial charge is 0.404 e. The van der Waals surface area contributed by atoms with E-state index in [2.05, 4.69) is 15.9 Å². The van der Waals surface area contributed by atoms with Crippen LogP contribution in [-0.4, -0.2) is 27.5 Å². The summed E-state index contributed by atoms with van der Waals surface area (Å²) in [6.07, 6.45) is -4.88. The molecule has 0 radical (unpaired) electrons. The van der Waals surface area contributed by atoms with Gasteiger partial charge in [-0.3, -0.25) is 4.72 Å². The number of nitrogens with zero attached hydrogens (tertiary/aromatic N) is 1. The first-order valence-electron chi connectivity index (χ1n) is 4.93. The van der Waals surface area contributed by atoms with Gasteiger partial charge in [0.05, 0.1) is 22.8 Å². The molecule has 1 rings (SSSR count). The van der Waals surface area contributed by atoms with E-state index in [4.69, 9.17) is 10.00 Å². The Kier molecular flexibility index (Phi) is 4.88. The molecule has 0 saturated heterocycles. The van der Waals surface area contributed by atoms with Crippen LogP contribution < -0.4 is 9.46 Å². The second-order valence-corrected chi connectivity index (χ2v) is 6.20. The van der Waals surface area contributed by atoms with E-state index in [-0.39, 0.29) is 17.0 Å². The molecular formula is C10H8BrF3N2O3S. The van der Waals surface area contributed by atoms with E-state index in [9.17, 15) is 21.6 Å². The molecule has 0 spiro atoms. The van der Waals surface area contributed by atoms with Crippen LogP contribution in [0.15, 0.2) is 16.6 Å². The van der Waals surface area contributed by atoms with Gasteiger partial charge < -0.3 is 4.74 Å². The summed E-state index contributed by atoms with van der Waals surface area (Å²) >= 11 is 3.08. The molecule has 0 saturated carbocycles. The number of halogens is 4. The number of nitrogens with one attached hydrogen (secondary N) is 1. The summed E-state index contributed by atoms with van der Waals surface area (Å²) in [6, 6.07) is 4.04. The predicted molar refractivity (Wildman–Crippen MR) is 68.9 cm³/mol. The second-order valence-electron chi connectivity index (χ2n) is 3.62. The van der Waals surface area contributed by atoms with Crippen LogP contribution in [0.5, 0.6) is 5.75 Å². The number of ether oxygens (including phenoxy) is 1. The molecule has 0 unspecified atom stereocenters. The molecule has 110 valence electrons. The number of sulfonamides is 1. The third-order valence-corrected chi connectivity index (χ3v) is 3.89. The Hall–Kier alpha value is -1.47. The summed E-state index contributed by atoms with van der Waals surface area (Å²) < 4.78 is 66.1. The highest BCUT2D eigenvalue weighted by atomic mass is 79.9. The van der Waals surface area contributed by atoms with Crippen molar-refractivity contribution in [3.05, 3.63) is 22.2 Å². The Balaban J connectivity index is 3.18. The van der Waals surface area contributed by atoms with Gasteiger partial charge >= 0.3 is 6.18 Å². The third-order valence-electron chi connectivity index (χ3n) is 2.03. The van der Waals surface area contributed by atoms with Gasteiger partial charge in [0.25, 0.3) is 0 Å². The number of anilines is 1. The van der Waals surface area contributed by atoms with Crippen LogP contribution in [0, 0.1) is 11.3 Å². The van der Waals surface area contributed by atoms with E-state index in [0.29, 0.717) is 4.47 Å². The summed E-state index contributed by atoms with van der Waals surface area (Å²) in [5, 5.41) is 8.87. The molecule has 0 amide bonds. The first kappa shape index (κ1) is 16.6. The SMILES string of the molecule is COc1cc(NS(=O)(=O)CC(F)(F)F)c(C#N)cc1Br. The van der Waals surface area contributed by atoms with Crippen LogP contribution in [0.2, 0.25) is 0 Å². The molecule has 10 heteroatoms. The number of alkyl halides is 3. The van der Waals surface area contributed by atoms with Crippen molar-refractivity contribution in [1.82, 2.24) is 0 Å². The molecule has 20 heavy (non-hydrogen) atoms. The van der Waals surface area contributed by atoms with Crippen molar-refractivity contribution < 1.29 is 26.3 Å². The topological polar surface area (TPSA) is 79.2 Å². The average Bonchev–Trinajstić information content (AvgIpc) is 2.27. The van der Waals surface area contributed by atoms with Crippen molar-refractivity contribution in [2.24, 2.45) is 0 Å². The molecular weight excluding hydrogens is 365 g/mol. The highest BCUT2D eigenvalue weighted by molar-refractivity contribution is 9.10. The number of hydrogen-bond acceptors (Lipinski definition) is 4. The summed E-state index contributed by atoms with van der Waals surface area (Å²) in [5.74, 6) is -1.86. The number of nitriles is 1. The summed E-state index contributed by atoms with van der Waals surface area (Å²) in [4.78, 5) is 0. The summed E-state index contributed by atoms with van der Waals surface area (Å²) in [6.45, 7) is 0. The van der Waals surface area contributed by atoms with Crippen LogP contribution in [0.1, 0.15) is 5.56 Å². The van der Waals surface area contributed by atoms with Gasteiger partial charge in [-0.15, -0.1) is 0 Å². The van der Waals surface area contributed by atoms with Crippen molar-refractivity contribution in [1.29, 1.82) is 5.26 Å².